The largest absolute Gasteiger partial charge is 0.497 e. The highest BCUT2D eigenvalue weighted by atomic mass is 32.2. The van der Waals surface area contributed by atoms with Gasteiger partial charge in [0.15, 0.2) is 15.6 Å². The maximum atomic E-state index is 13.1. The molecule has 138 valence electrons. The first-order valence-corrected chi connectivity index (χ1v) is 10.8. The van der Waals surface area contributed by atoms with E-state index in [1.807, 2.05) is 13.8 Å². The second-order valence-corrected chi connectivity index (χ2v) is 10.6. The number of methoxy groups -OCH3 is 1. The Labute approximate surface area is 156 Å². The van der Waals surface area contributed by atoms with Crippen LogP contribution in [-0.2, 0) is 16.3 Å². The average molecular weight is 392 g/mol. The van der Waals surface area contributed by atoms with Gasteiger partial charge < -0.3 is 4.74 Å². The monoisotopic (exact) mass is 392 g/mol. The molecule has 2 aromatic rings. The molecule has 0 unspecified atom stereocenters. The van der Waals surface area contributed by atoms with E-state index in [1.54, 1.807) is 24.3 Å². The number of ketones is 2. The molecule has 1 aromatic carbocycles. The lowest BCUT2D eigenvalue weighted by Gasteiger charge is -2.29. The van der Waals surface area contributed by atoms with Crippen molar-refractivity contribution in [1.29, 1.82) is 0 Å². The van der Waals surface area contributed by atoms with Crippen LogP contribution in [0.25, 0.3) is 0 Å². The molecule has 0 aliphatic heterocycles. The summed E-state index contributed by atoms with van der Waals surface area (Å²) in [5.41, 5.74) is 0.862. The predicted octanol–water partition coefficient (Wildman–Crippen LogP) is 3.55. The van der Waals surface area contributed by atoms with Crippen molar-refractivity contribution in [3.05, 3.63) is 45.8 Å². The van der Waals surface area contributed by atoms with E-state index in [-0.39, 0.29) is 33.2 Å². The Morgan fingerprint density at radius 1 is 1.23 bits per heavy atom. The van der Waals surface area contributed by atoms with Gasteiger partial charge in [0.05, 0.1) is 17.6 Å². The highest BCUT2D eigenvalue weighted by Crippen LogP contribution is 2.43. The van der Waals surface area contributed by atoms with Gasteiger partial charge in [-0.05, 0) is 29.5 Å². The Kier molecular flexibility index (Phi) is 4.56. The Bertz CT molecular complexity index is 1010. The van der Waals surface area contributed by atoms with Crippen LogP contribution >= 0.6 is 11.3 Å². The van der Waals surface area contributed by atoms with E-state index in [2.05, 4.69) is 0 Å². The summed E-state index contributed by atoms with van der Waals surface area (Å²) >= 11 is 0.904. The number of hydrogen-bond acceptors (Lipinski definition) is 6. The van der Waals surface area contributed by atoms with Crippen LogP contribution in [-0.4, -0.2) is 33.3 Å². The number of thiophene rings is 1. The van der Waals surface area contributed by atoms with Crippen molar-refractivity contribution in [2.45, 2.75) is 30.9 Å². The third kappa shape index (κ3) is 3.33. The van der Waals surface area contributed by atoms with E-state index >= 15 is 0 Å². The van der Waals surface area contributed by atoms with Crippen molar-refractivity contribution in [3.63, 3.8) is 0 Å². The molecule has 1 aliphatic rings. The highest BCUT2D eigenvalue weighted by molar-refractivity contribution is 7.92. The van der Waals surface area contributed by atoms with Crippen LogP contribution in [0.3, 0.4) is 0 Å². The second-order valence-electron chi connectivity index (χ2n) is 7.35. The van der Waals surface area contributed by atoms with Crippen LogP contribution in [0.5, 0.6) is 5.75 Å². The lowest BCUT2D eigenvalue weighted by atomic mass is 9.74. The summed E-state index contributed by atoms with van der Waals surface area (Å²) in [7, 11) is -2.09. The molecule has 26 heavy (non-hydrogen) atoms. The van der Waals surface area contributed by atoms with E-state index < -0.39 is 9.84 Å². The molecule has 7 heteroatoms. The summed E-state index contributed by atoms with van der Waals surface area (Å²) in [6.07, 6.45) is 1.84. The molecular weight excluding hydrogens is 372 g/mol. The lowest BCUT2D eigenvalue weighted by molar-refractivity contribution is 0.0909. The minimum absolute atomic E-state index is 0.000698. The van der Waals surface area contributed by atoms with E-state index in [0.717, 1.165) is 17.6 Å². The quantitative estimate of drug-likeness (QED) is 0.744. The summed E-state index contributed by atoms with van der Waals surface area (Å²) in [5, 5.41) is 0. The van der Waals surface area contributed by atoms with Gasteiger partial charge in [-0.25, -0.2) is 8.42 Å². The molecule has 3 rings (SSSR count). The minimum Gasteiger partial charge on any atom is -0.497 e. The van der Waals surface area contributed by atoms with Gasteiger partial charge in [-0.2, -0.15) is 0 Å². The van der Waals surface area contributed by atoms with E-state index in [1.165, 1.54) is 7.11 Å². The second kappa shape index (κ2) is 6.32. The Hall–Kier alpha value is -1.99. The van der Waals surface area contributed by atoms with Gasteiger partial charge >= 0.3 is 0 Å². The van der Waals surface area contributed by atoms with E-state index in [4.69, 9.17) is 4.74 Å². The van der Waals surface area contributed by atoms with Crippen LogP contribution in [0.2, 0.25) is 0 Å². The molecule has 1 aromatic heterocycles. The van der Waals surface area contributed by atoms with Crippen LogP contribution in [0.15, 0.2) is 28.5 Å². The molecule has 0 fully saturated rings. The summed E-state index contributed by atoms with van der Waals surface area (Å²) in [6.45, 7) is 3.90. The molecule has 0 atom stereocenters. The lowest BCUT2D eigenvalue weighted by Crippen LogP contribution is -2.28. The van der Waals surface area contributed by atoms with Crippen LogP contribution in [0, 0.1) is 5.41 Å². The Morgan fingerprint density at radius 3 is 2.54 bits per heavy atom. The fraction of sp³-hybridized carbons (Fsp3) is 0.368. The fourth-order valence-corrected chi connectivity index (χ4v) is 5.79. The molecule has 0 saturated heterocycles. The number of fused-ring (bicyclic) bond motifs is 1. The molecule has 0 saturated carbocycles. The maximum absolute atomic E-state index is 13.1. The number of sulfone groups is 1. The number of carbonyl (C=O) groups is 2. The first kappa shape index (κ1) is 18.8. The van der Waals surface area contributed by atoms with Crippen molar-refractivity contribution >= 4 is 32.7 Å². The molecule has 1 aliphatic carbocycles. The molecule has 0 radical (unpaired) electrons. The maximum Gasteiger partial charge on any atom is 0.203 e. The molecule has 0 spiro atoms. The zero-order valence-corrected chi connectivity index (χ0v) is 16.7. The van der Waals surface area contributed by atoms with Gasteiger partial charge in [-0.1, -0.05) is 26.0 Å². The zero-order valence-electron chi connectivity index (χ0n) is 15.1. The number of carbonyl (C=O) groups excluding carboxylic acids is 2. The van der Waals surface area contributed by atoms with Gasteiger partial charge in [0.25, 0.3) is 0 Å². The number of hydrogen-bond donors (Lipinski definition) is 0. The number of Topliss-reactive ketones (excluding diaryl/α,β-unsaturated/α-hetero) is 1. The van der Waals surface area contributed by atoms with Crippen LogP contribution < -0.4 is 4.74 Å². The number of benzene rings is 1. The standard InChI is InChI=1S/C19H20O5S2/c1-19(2)9-13-15(14(20)10-19)18(26(4,22)23)25-17(13)16(21)11-6-5-7-12(8-11)24-3/h5-8H,9-10H2,1-4H3. The van der Waals surface area contributed by atoms with Crippen molar-refractivity contribution in [2.75, 3.05) is 13.4 Å². The average Bonchev–Trinajstić information content (AvgIpc) is 2.92. The topological polar surface area (TPSA) is 77.5 Å². The van der Waals surface area contributed by atoms with Crippen molar-refractivity contribution in [1.82, 2.24) is 0 Å². The van der Waals surface area contributed by atoms with E-state index in [0.29, 0.717) is 28.2 Å². The SMILES string of the molecule is COc1cccc(C(=O)c2sc(S(C)(=O)=O)c3c2CC(C)(C)CC3=O)c1. The van der Waals surface area contributed by atoms with Crippen molar-refractivity contribution < 1.29 is 22.7 Å². The minimum atomic E-state index is -3.60. The van der Waals surface area contributed by atoms with Crippen LogP contribution in [0.1, 0.15) is 51.4 Å². The zero-order chi connectivity index (χ0) is 19.3. The first-order valence-electron chi connectivity index (χ1n) is 8.11. The molecule has 0 N–H and O–H groups in total. The number of rotatable bonds is 4. The van der Waals surface area contributed by atoms with Crippen molar-refractivity contribution in [3.8, 4) is 5.75 Å². The normalized spacial score (nSPS) is 16.2. The molecule has 5 nitrogen and oxygen atoms in total. The van der Waals surface area contributed by atoms with Crippen molar-refractivity contribution in [2.24, 2.45) is 5.41 Å². The van der Waals surface area contributed by atoms with Crippen LogP contribution in [0.4, 0.5) is 0 Å². The first-order chi connectivity index (χ1) is 12.0. The van der Waals surface area contributed by atoms with Gasteiger partial charge in [0.1, 0.15) is 9.96 Å². The predicted molar refractivity (Wildman–Crippen MR) is 100 cm³/mol. The summed E-state index contributed by atoms with van der Waals surface area (Å²) < 4.78 is 29.6. The third-order valence-electron chi connectivity index (χ3n) is 4.42. The molecule has 0 amide bonds. The number of ether oxygens (including phenoxy) is 1. The van der Waals surface area contributed by atoms with Gasteiger partial charge in [0, 0.05) is 18.2 Å². The Morgan fingerprint density at radius 2 is 1.92 bits per heavy atom. The third-order valence-corrected chi connectivity index (χ3v) is 7.48. The van der Waals surface area contributed by atoms with Gasteiger partial charge in [0.2, 0.25) is 5.78 Å². The summed E-state index contributed by atoms with van der Waals surface area (Å²) in [5.74, 6) is 0.0455. The molecule has 0 bridgehead atoms. The van der Waals surface area contributed by atoms with E-state index in [9.17, 15) is 18.0 Å². The van der Waals surface area contributed by atoms with Gasteiger partial charge in [-0.3, -0.25) is 9.59 Å². The summed E-state index contributed by atoms with van der Waals surface area (Å²) in [6, 6.07) is 6.71. The smallest absolute Gasteiger partial charge is 0.203 e. The fourth-order valence-electron chi connectivity index (χ4n) is 3.30. The molecular formula is C19H20O5S2. The summed E-state index contributed by atoms with van der Waals surface area (Å²) in [4.78, 5) is 26.1. The molecule has 1 heterocycles. The Balaban J connectivity index is 2.22. The highest BCUT2D eigenvalue weighted by Gasteiger charge is 2.39. The van der Waals surface area contributed by atoms with Gasteiger partial charge in [-0.15, -0.1) is 11.3 Å².